The zero-order valence-corrected chi connectivity index (χ0v) is 18.2. The highest BCUT2D eigenvalue weighted by molar-refractivity contribution is 6.74. The van der Waals surface area contributed by atoms with Crippen molar-refractivity contribution in [1.82, 2.24) is 0 Å². The summed E-state index contributed by atoms with van der Waals surface area (Å²) >= 11 is 0. The zero-order valence-electron chi connectivity index (χ0n) is 17.2. The Morgan fingerprint density at radius 3 is 2.44 bits per heavy atom. The van der Waals surface area contributed by atoms with E-state index in [1.54, 1.807) is 0 Å². The van der Waals surface area contributed by atoms with E-state index in [1.165, 1.54) is 6.42 Å². The Kier molecular flexibility index (Phi) is 6.47. The minimum absolute atomic E-state index is 0.131. The van der Waals surface area contributed by atoms with Crippen LogP contribution in [0.1, 0.15) is 79.1 Å². The third kappa shape index (κ3) is 4.50. The molecule has 4 heteroatoms. The Balaban J connectivity index is 2.25. The Labute approximate surface area is 156 Å². The fourth-order valence-corrected chi connectivity index (χ4v) is 4.94. The molecule has 3 nitrogen and oxygen atoms in total. The predicted molar refractivity (Wildman–Crippen MR) is 106 cm³/mol. The summed E-state index contributed by atoms with van der Waals surface area (Å²) in [6.07, 6.45) is 14.1. The molecule has 0 amide bonds. The third-order valence-corrected chi connectivity index (χ3v) is 10.9. The van der Waals surface area contributed by atoms with Gasteiger partial charge in [0, 0.05) is 12.8 Å². The summed E-state index contributed by atoms with van der Waals surface area (Å²) in [5.74, 6) is 2.56. The normalized spacial score (nSPS) is 31.9. The largest absolute Gasteiger partial charge is 0.401 e. The molecule has 0 aromatic carbocycles. The first-order valence-corrected chi connectivity index (χ1v) is 13.0. The lowest BCUT2D eigenvalue weighted by molar-refractivity contribution is -0.278. The average molecular weight is 367 g/mol. The summed E-state index contributed by atoms with van der Waals surface area (Å²) in [6.45, 7) is 14.3. The van der Waals surface area contributed by atoms with E-state index in [1.807, 2.05) is 0 Å². The second-order valence-electron chi connectivity index (χ2n) is 9.41. The summed E-state index contributed by atoms with van der Waals surface area (Å²) in [5.41, 5.74) is -0.391. The molecule has 0 aromatic rings. The molecule has 2 rings (SSSR count). The molecule has 2 saturated heterocycles. The highest BCUT2D eigenvalue weighted by atomic mass is 28.4. The minimum Gasteiger partial charge on any atom is -0.401 e. The lowest BCUT2D eigenvalue weighted by atomic mass is 9.87. The van der Waals surface area contributed by atoms with Crippen LogP contribution in [0.25, 0.3) is 0 Å². The summed E-state index contributed by atoms with van der Waals surface area (Å²) in [7, 11) is -1.97. The van der Waals surface area contributed by atoms with Crippen LogP contribution in [0.3, 0.4) is 0 Å². The van der Waals surface area contributed by atoms with Gasteiger partial charge in [-0.1, -0.05) is 46.5 Å². The highest BCUT2D eigenvalue weighted by Gasteiger charge is 2.55. The van der Waals surface area contributed by atoms with E-state index < -0.39 is 19.7 Å². The number of hydrogen-bond acceptors (Lipinski definition) is 3. The maximum absolute atomic E-state index is 6.72. The Morgan fingerprint density at radius 2 is 1.92 bits per heavy atom. The van der Waals surface area contributed by atoms with Gasteiger partial charge in [0.1, 0.15) is 11.7 Å². The van der Waals surface area contributed by atoms with E-state index in [2.05, 4.69) is 46.7 Å². The van der Waals surface area contributed by atoms with Crippen molar-refractivity contribution in [3.8, 4) is 12.3 Å². The molecule has 25 heavy (non-hydrogen) atoms. The molecule has 2 aliphatic rings. The van der Waals surface area contributed by atoms with Gasteiger partial charge in [-0.15, -0.1) is 6.42 Å². The topological polar surface area (TPSA) is 27.7 Å². The quantitative estimate of drug-likeness (QED) is 0.449. The van der Waals surface area contributed by atoms with Crippen molar-refractivity contribution in [1.29, 1.82) is 0 Å². The molecule has 2 aliphatic heterocycles. The number of hydrogen-bond donors (Lipinski definition) is 0. The van der Waals surface area contributed by atoms with Crippen LogP contribution in [0.15, 0.2) is 0 Å². The van der Waals surface area contributed by atoms with E-state index >= 15 is 0 Å². The van der Waals surface area contributed by atoms with Crippen LogP contribution in [0.2, 0.25) is 18.1 Å². The summed E-state index contributed by atoms with van der Waals surface area (Å²) in [5, 5.41) is 0.131. The van der Waals surface area contributed by atoms with Gasteiger partial charge in [-0.2, -0.15) is 0 Å². The molecule has 0 N–H and O–H groups in total. The Bertz CT molecular complexity index is 482. The smallest absolute Gasteiger partial charge is 0.193 e. The molecule has 0 saturated carbocycles. The van der Waals surface area contributed by atoms with Crippen molar-refractivity contribution >= 4 is 8.32 Å². The van der Waals surface area contributed by atoms with Crippen molar-refractivity contribution < 1.29 is 13.9 Å². The van der Waals surface area contributed by atoms with Crippen molar-refractivity contribution in [2.45, 2.75) is 115 Å². The number of rotatable bonds is 6. The van der Waals surface area contributed by atoms with Crippen LogP contribution < -0.4 is 0 Å². The average Bonchev–Trinajstić information content (AvgIpc) is 2.89. The molecule has 0 aromatic heterocycles. The fourth-order valence-electron chi connectivity index (χ4n) is 3.71. The van der Waals surface area contributed by atoms with Crippen LogP contribution in [-0.2, 0) is 13.9 Å². The van der Waals surface area contributed by atoms with Crippen LogP contribution in [0.4, 0.5) is 0 Å². The maximum atomic E-state index is 6.72. The van der Waals surface area contributed by atoms with Crippen LogP contribution in [0.5, 0.6) is 0 Å². The molecule has 1 unspecified atom stereocenters. The molecule has 2 heterocycles. The van der Waals surface area contributed by atoms with Gasteiger partial charge in [-0.05, 0) is 43.8 Å². The summed E-state index contributed by atoms with van der Waals surface area (Å²) in [4.78, 5) is 0. The van der Waals surface area contributed by atoms with Gasteiger partial charge in [0.2, 0.25) is 0 Å². The van der Waals surface area contributed by atoms with E-state index in [-0.39, 0.29) is 11.1 Å². The lowest BCUT2D eigenvalue weighted by Crippen LogP contribution is -2.53. The van der Waals surface area contributed by atoms with Crippen LogP contribution in [-0.4, -0.2) is 32.4 Å². The first-order chi connectivity index (χ1) is 11.6. The van der Waals surface area contributed by atoms with Gasteiger partial charge >= 0.3 is 0 Å². The van der Waals surface area contributed by atoms with Crippen molar-refractivity contribution in [2.75, 3.05) is 6.61 Å². The van der Waals surface area contributed by atoms with E-state index in [4.69, 9.17) is 20.3 Å². The van der Waals surface area contributed by atoms with E-state index in [0.29, 0.717) is 0 Å². The minimum atomic E-state index is -1.97. The maximum Gasteiger partial charge on any atom is 0.193 e. The van der Waals surface area contributed by atoms with Gasteiger partial charge in [0.15, 0.2) is 14.1 Å². The van der Waals surface area contributed by atoms with Gasteiger partial charge in [0.05, 0.1) is 6.61 Å². The molecule has 1 spiro atoms. The Morgan fingerprint density at radius 1 is 1.20 bits per heavy atom. The lowest BCUT2D eigenvalue weighted by Gasteiger charge is -2.44. The van der Waals surface area contributed by atoms with Gasteiger partial charge in [0.25, 0.3) is 0 Å². The molecule has 144 valence electrons. The fraction of sp³-hybridized carbons (Fsp3) is 0.905. The van der Waals surface area contributed by atoms with E-state index in [9.17, 15) is 0 Å². The predicted octanol–water partition coefficient (Wildman–Crippen LogP) is 5.65. The number of unbranched alkanes of at least 4 members (excludes halogenated alkanes) is 1. The molecule has 0 bridgehead atoms. The summed E-state index contributed by atoms with van der Waals surface area (Å²) in [6, 6.07) is 0. The SMILES string of the molecule is C#C[C@@H](O[Si](C)(C)C(C)(C)C)[C@@]1(CCCC)CCC2(CCCCO2)O1. The van der Waals surface area contributed by atoms with Crippen molar-refractivity contribution in [3.05, 3.63) is 0 Å². The first kappa shape index (κ1) is 21.0. The first-order valence-electron chi connectivity index (χ1n) is 10.1. The molecule has 3 atom stereocenters. The van der Waals surface area contributed by atoms with Gasteiger partial charge in [-0.3, -0.25) is 0 Å². The second kappa shape index (κ2) is 7.72. The monoisotopic (exact) mass is 366 g/mol. The standard InChI is InChI=1S/C21H38O3Si/c1-8-10-13-20(15-16-21(24-20)14-11-12-17-22-21)18(9-2)23-25(6,7)19(3,4)5/h2,18H,8,10-17H2,1,3-7H3/t18-,20-,21?/m1/s1. The van der Waals surface area contributed by atoms with Crippen LogP contribution in [0, 0.1) is 12.3 Å². The van der Waals surface area contributed by atoms with Gasteiger partial charge in [-0.25, -0.2) is 0 Å². The number of ether oxygens (including phenoxy) is 2. The zero-order chi connectivity index (χ0) is 18.8. The third-order valence-electron chi connectivity index (χ3n) is 6.44. The number of terminal acetylenes is 1. The van der Waals surface area contributed by atoms with Gasteiger partial charge < -0.3 is 13.9 Å². The molecular weight excluding hydrogens is 328 g/mol. The molecule has 0 radical (unpaired) electrons. The second-order valence-corrected chi connectivity index (χ2v) is 14.2. The molecule has 2 fully saturated rings. The van der Waals surface area contributed by atoms with E-state index in [0.717, 1.165) is 51.6 Å². The van der Waals surface area contributed by atoms with Crippen molar-refractivity contribution in [2.24, 2.45) is 0 Å². The molecule has 0 aliphatic carbocycles. The van der Waals surface area contributed by atoms with Crippen molar-refractivity contribution in [3.63, 3.8) is 0 Å². The molecular formula is C21H38O3Si. The summed E-state index contributed by atoms with van der Waals surface area (Å²) < 4.78 is 19.5. The Hall–Kier alpha value is -0.343. The van der Waals surface area contributed by atoms with Crippen LogP contribution >= 0.6 is 0 Å². The highest BCUT2D eigenvalue weighted by Crippen LogP contribution is 2.49.